The highest BCUT2D eigenvalue weighted by molar-refractivity contribution is 7.91. The Kier molecular flexibility index (Phi) is 4.73. The summed E-state index contributed by atoms with van der Waals surface area (Å²) >= 11 is 0. The van der Waals surface area contributed by atoms with Gasteiger partial charge in [0.1, 0.15) is 18.1 Å². The van der Waals surface area contributed by atoms with Crippen molar-refractivity contribution in [1.29, 1.82) is 0 Å². The third-order valence-electron chi connectivity index (χ3n) is 2.25. The highest BCUT2D eigenvalue weighted by Crippen LogP contribution is 2.15. The number of benzene rings is 1. The second-order valence-electron chi connectivity index (χ2n) is 4.36. The molecule has 0 aliphatic rings. The van der Waals surface area contributed by atoms with Gasteiger partial charge >= 0.3 is 0 Å². The minimum atomic E-state index is -3.38. The number of rotatable bonds is 6. The van der Waals surface area contributed by atoms with E-state index >= 15 is 0 Å². The van der Waals surface area contributed by atoms with Crippen LogP contribution in [0.2, 0.25) is 0 Å². The minimum absolute atomic E-state index is 0.205. The van der Waals surface area contributed by atoms with Gasteiger partial charge in [-0.3, -0.25) is 0 Å². The van der Waals surface area contributed by atoms with Crippen molar-refractivity contribution in [2.45, 2.75) is 18.7 Å². The summed E-state index contributed by atoms with van der Waals surface area (Å²) in [5, 5.41) is 0. The Morgan fingerprint density at radius 1 is 1.22 bits per heavy atom. The van der Waals surface area contributed by atoms with Crippen LogP contribution in [0, 0.1) is 6.92 Å². The molecule has 98 valence electrons. The van der Waals surface area contributed by atoms with Gasteiger partial charge in [-0.2, -0.15) is 0 Å². The second kappa shape index (κ2) is 5.87. The first-order chi connectivity index (χ1) is 8.31. The Balaban J connectivity index is 2.73. The number of ether oxygens (including phenoxy) is 1. The Morgan fingerprint density at radius 2 is 1.78 bits per heavy atom. The quantitative estimate of drug-likeness (QED) is 0.587. The van der Waals surface area contributed by atoms with Crippen molar-refractivity contribution in [3.8, 4) is 0 Å². The molecule has 0 amide bonds. The van der Waals surface area contributed by atoms with Gasteiger partial charge in [0.15, 0.2) is 9.84 Å². The maximum atomic E-state index is 12.0. The van der Waals surface area contributed by atoms with Crippen LogP contribution < -0.4 is 0 Å². The van der Waals surface area contributed by atoms with E-state index in [0.717, 1.165) is 11.1 Å². The molecule has 0 aliphatic heterocycles. The zero-order chi connectivity index (χ0) is 13.8. The molecule has 0 saturated carbocycles. The van der Waals surface area contributed by atoms with Crippen LogP contribution in [0.3, 0.4) is 0 Å². The fraction of sp³-hybridized carbons (Fsp3) is 0.286. The molecule has 3 nitrogen and oxygen atoms in total. The molecule has 1 aromatic rings. The number of sulfone groups is 1. The molecule has 0 radical (unpaired) electrons. The van der Waals surface area contributed by atoms with Crippen molar-refractivity contribution >= 4 is 9.84 Å². The first-order valence-corrected chi connectivity index (χ1v) is 7.21. The minimum Gasteiger partial charge on any atom is -0.493 e. The van der Waals surface area contributed by atoms with Gasteiger partial charge in [-0.05, 0) is 31.6 Å². The van der Waals surface area contributed by atoms with Crippen molar-refractivity contribution in [2.75, 3.05) is 12.4 Å². The molecule has 4 heteroatoms. The lowest BCUT2D eigenvalue weighted by Crippen LogP contribution is -2.11. The standard InChI is InChI=1S/C14H18O3S/c1-11(2)9-17-13(4)10-18(15,16)14-7-5-12(3)6-8-14/h5-8H,1,4,9-10H2,2-3H3. The lowest BCUT2D eigenvalue weighted by atomic mass is 10.2. The Bertz CT molecular complexity index is 539. The molecule has 0 saturated heterocycles. The average molecular weight is 266 g/mol. The van der Waals surface area contributed by atoms with Gasteiger partial charge in [-0.1, -0.05) is 30.9 Å². The summed E-state index contributed by atoms with van der Waals surface area (Å²) in [6, 6.07) is 6.72. The fourth-order valence-electron chi connectivity index (χ4n) is 1.31. The molecule has 0 unspecified atom stereocenters. The van der Waals surface area contributed by atoms with Crippen LogP contribution in [0.15, 0.2) is 53.7 Å². The van der Waals surface area contributed by atoms with Crippen molar-refractivity contribution in [3.05, 3.63) is 54.3 Å². The zero-order valence-electron chi connectivity index (χ0n) is 10.8. The van der Waals surface area contributed by atoms with Gasteiger partial charge < -0.3 is 4.74 Å². The average Bonchev–Trinajstić information content (AvgIpc) is 2.26. The van der Waals surface area contributed by atoms with Crippen LogP contribution in [-0.2, 0) is 14.6 Å². The van der Waals surface area contributed by atoms with Crippen molar-refractivity contribution < 1.29 is 13.2 Å². The SMILES string of the molecule is C=C(C)COC(=C)CS(=O)(=O)c1ccc(C)cc1. The summed E-state index contributed by atoms with van der Waals surface area (Å²) in [5.41, 5.74) is 1.84. The summed E-state index contributed by atoms with van der Waals surface area (Å²) < 4.78 is 29.3. The number of aryl methyl sites for hydroxylation is 1. The van der Waals surface area contributed by atoms with Gasteiger partial charge in [0, 0.05) is 0 Å². The Labute approximate surface area is 109 Å². The fourth-order valence-corrected chi connectivity index (χ4v) is 2.53. The van der Waals surface area contributed by atoms with E-state index in [9.17, 15) is 8.42 Å². The van der Waals surface area contributed by atoms with E-state index in [4.69, 9.17) is 4.74 Å². The van der Waals surface area contributed by atoms with Gasteiger partial charge in [0.2, 0.25) is 0 Å². The van der Waals surface area contributed by atoms with E-state index in [1.807, 2.05) is 13.8 Å². The van der Waals surface area contributed by atoms with Crippen LogP contribution in [0.1, 0.15) is 12.5 Å². The molecule has 0 atom stereocenters. The maximum absolute atomic E-state index is 12.0. The number of hydrogen-bond donors (Lipinski definition) is 0. The monoisotopic (exact) mass is 266 g/mol. The highest BCUT2D eigenvalue weighted by atomic mass is 32.2. The van der Waals surface area contributed by atoms with Crippen LogP contribution in [0.5, 0.6) is 0 Å². The molecule has 0 aliphatic carbocycles. The molecule has 18 heavy (non-hydrogen) atoms. The van der Waals surface area contributed by atoms with E-state index in [1.54, 1.807) is 24.3 Å². The maximum Gasteiger partial charge on any atom is 0.185 e. The van der Waals surface area contributed by atoms with Gasteiger partial charge in [-0.25, -0.2) is 8.42 Å². The predicted molar refractivity (Wildman–Crippen MR) is 73.1 cm³/mol. The second-order valence-corrected chi connectivity index (χ2v) is 6.35. The lowest BCUT2D eigenvalue weighted by molar-refractivity contribution is 0.244. The first kappa shape index (κ1) is 14.5. The van der Waals surface area contributed by atoms with E-state index in [0.29, 0.717) is 6.61 Å². The van der Waals surface area contributed by atoms with Crippen LogP contribution in [0.25, 0.3) is 0 Å². The summed E-state index contributed by atoms with van der Waals surface area (Å²) in [5.74, 6) is 0.0298. The van der Waals surface area contributed by atoms with Crippen LogP contribution >= 0.6 is 0 Å². The van der Waals surface area contributed by atoms with E-state index < -0.39 is 9.84 Å². The third-order valence-corrected chi connectivity index (χ3v) is 3.95. The summed E-state index contributed by atoms with van der Waals surface area (Å²) in [6.07, 6.45) is 0. The molecule has 0 bridgehead atoms. The van der Waals surface area contributed by atoms with Gasteiger partial charge in [0.05, 0.1) is 4.90 Å². The molecule has 1 rings (SSSR count). The number of hydrogen-bond acceptors (Lipinski definition) is 3. The molecule has 0 aromatic heterocycles. The van der Waals surface area contributed by atoms with Gasteiger partial charge in [-0.15, -0.1) is 0 Å². The van der Waals surface area contributed by atoms with E-state index in [1.165, 1.54) is 0 Å². The summed E-state index contributed by atoms with van der Waals surface area (Å²) in [6.45, 7) is 11.3. The Morgan fingerprint density at radius 3 is 2.28 bits per heavy atom. The normalized spacial score (nSPS) is 11.0. The van der Waals surface area contributed by atoms with E-state index in [-0.39, 0.29) is 16.4 Å². The molecule has 1 aromatic carbocycles. The zero-order valence-corrected chi connectivity index (χ0v) is 11.6. The molecule has 0 heterocycles. The van der Waals surface area contributed by atoms with Crippen LogP contribution in [0.4, 0.5) is 0 Å². The van der Waals surface area contributed by atoms with Crippen molar-refractivity contribution in [3.63, 3.8) is 0 Å². The summed E-state index contributed by atoms with van der Waals surface area (Å²) in [4.78, 5) is 0.285. The molecular weight excluding hydrogens is 248 g/mol. The molecule has 0 spiro atoms. The predicted octanol–water partition coefficient (Wildman–Crippen LogP) is 2.88. The van der Waals surface area contributed by atoms with E-state index in [2.05, 4.69) is 13.2 Å². The lowest BCUT2D eigenvalue weighted by Gasteiger charge is -2.10. The topological polar surface area (TPSA) is 43.4 Å². The van der Waals surface area contributed by atoms with Crippen molar-refractivity contribution in [1.82, 2.24) is 0 Å². The molecule has 0 fully saturated rings. The largest absolute Gasteiger partial charge is 0.493 e. The third kappa shape index (κ3) is 4.37. The van der Waals surface area contributed by atoms with Crippen molar-refractivity contribution in [2.24, 2.45) is 0 Å². The highest BCUT2D eigenvalue weighted by Gasteiger charge is 2.16. The van der Waals surface area contributed by atoms with Crippen LogP contribution in [-0.4, -0.2) is 20.8 Å². The van der Waals surface area contributed by atoms with Gasteiger partial charge in [0.25, 0.3) is 0 Å². The molecule has 0 N–H and O–H groups in total. The molecular formula is C14H18O3S. The summed E-state index contributed by atoms with van der Waals surface area (Å²) in [7, 11) is -3.38. The smallest absolute Gasteiger partial charge is 0.185 e. The first-order valence-electron chi connectivity index (χ1n) is 5.55. The Hall–Kier alpha value is -1.55.